The van der Waals surface area contributed by atoms with Crippen molar-refractivity contribution in [1.29, 1.82) is 0 Å². The van der Waals surface area contributed by atoms with E-state index >= 15 is 0 Å². The summed E-state index contributed by atoms with van der Waals surface area (Å²) in [6, 6.07) is 7.89. The standard InChI is InChI=1S/C17H20O2/c1-3-19-16(18)14-7-5-4-6-13(14)15-10-12-8-9-17(15,2)11-12/h3-7,12,15H,1,8-11H2,2H3. The van der Waals surface area contributed by atoms with Crippen LogP contribution in [0, 0.1) is 11.3 Å². The number of hydrogen-bond acceptors (Lipinski definition) is 2. The largest absolute Gasteiger partial charge is 0.432 e. The molecule has 0 heterocycles. The smallest absolute Gasteiger partial charge is 0.343 e. The fourth-order valence-electron chi connectivity index (χ4n) is 4.16. The minimum atomic E-state index is -0.281. The van der Waals surface area contributed by atoms with Crippen LogP contribution in [0.1, 0.15) is 54.4 Å². The van der Waals surface area contributed by atoms with Crippen LogP contribution in [0.25, 0.3) is 0 Å². The van der Waals surface area contributed by atoms with Gasteiger partial charge in [0.2, 0.25) is 0 Å². The molecule has 2 heteroatoms. The zero-order valence-corrected chi connectivity index (χ0v) is 11.4. The van der Waals surface area contributed by atoms with Crippen LogP contribution >= 0.6 is 0 Å². The molecule has 0 saturated heterocycles. The third-order valence-electron chi connectivity index (χ3n) is 5.04. The molecule has 3 atom stereocenters. The second-order valence-electron chi connectivity index (χ2n) is 6.21. The molecule has 1 aromatic carbocycles. The molecule has 100 valence electrons. The quantitative estimate of drug-likeness (QED) is 0.596. The highest BCUT2D eigenvalue weighted by Crippen LogP contribution is 2.61. The Balaban J connectivity index is 1.97. The minimum Gasteiger partial charge on any atom is -0.432 e. The summed E-state index contributed by atoms with van der Waals surface area (Å²) in [5.74, 6) is 1.07. The van der Waals surface area contributed by atoms with E-state index in [1.165, 1.54) is 37.5 Å². The fraction of sp³-hybridized carbons (Fsp3) is 0.471. The van der Waals surface area contributed by atoms with Gasteiger partial charge < -0.3 is 4.74 Å². The van der Waals surface area contributed by atoms with E-state index in [0.29, 0.717) is 16.9 Å². The lowest BCUT2D eigenvalue weighted by molar-refractivity contribution is 0.0661. The first kappa shape index (κ1) is 12.5. The second kappa shape index (κ2) is 4.52. The number of fused-ring (bicyclic) bond motifs is 2. The Hall–Kier alpha value is -1.57. The third kappa shape index (κ3) is 1.99. The van der Waals surface area contributed by atoms with Gasteiger partial charge in [-0.2, -0.15) is 0 Å². The summed E-state index contributed by atoms with van der Waals surface area (Å²) in [6.07, 6.45) is 6.37. The fourth-order valence-corrected chi connectivity index (χ4v) is 4.16. The average molecular weight is 256 g/mol. The van der Waals surface area contributed by atoms with Crippen molar-refractivity contribution in [3.8, 4) is 0 Å². The molecular formula is C17H20O2. The molecule has 0 radical (unpaired) electrons. The third-order valence-corrected chi connectivity index (χ3v) is 5.04. The number of carbonyl (C=O) groups is 1. The van der Waals surface area contributed by atoms with E-state index in [2.05, 4.69) is 19.6 Å². The van der Waals surface area contributed by atoms with Crippen LogP contribution in [-0.2, 0) is 4.74 Å². The first-order valence-corrected chi connectivity index (χ1v) is 7.05. The molecule has 0 N–H and O–H groups in total. The van der Waals surface area contributed by atoms with Crippen molar-refractivity contribution >= 4 is 5.97 Å². The number of rotatable bonds is 3. The van der Waals surface area contributed by atoms with E-state index in [-0.39, 0.29) is 5.97 Å². The molecule has 2 fully saturated rings. The van der Waals surface area contributed by atoms with E-state index in [9.17, 15) is 4.79 Å². The molecule has 2 aliphatic carbocycles. The highest BCUT2D eigenvalue weighted by molar-refractivity contribution is 5.91. The zero-order chi connectivity index (χ0) is 13.5. The van der Waals surface area contributed by atoms with Gasteiger partial charge in [-0.1, -0.05) is 31.7 Å². The molecule has 1 aromatic rings. The topological polar surface area (TPSA) is 26.3 Å². The van der Waals surface area contributed by atoms with Gasteiger partial charge in [0.25, 0.3) is 0 Å². The van der Waals surface area contributed by atoms with Crippen LogP contribution in [0.2, 0.25) is 0 Å². The van der Waals surface area contributed by atoms with Crippen LogP contribution in [0.15, 0.2) is 37.1 Å². The van der Waals surface area contributed by atoms with E-state index < -0.39 is 0 Å². The van der Waals surface area contributed by atoms with Gasteiger partial charge in [0.15, 0.2) is 0 Å². The Kier molecular flexibility index (Phi) is 2.96. The van der Waals surface area contributed by atoms with E-state index in [1.807, 2.05) is 18.2 Å². The first-order valence-electron chi connectivity index (χ1n) is 7.05. The number of esters is 1. The van der Waals surface area contributed by atoms with E-state index in [0.717, 1.165) is 5.92 Å². The van der Waals surface area contributed by atoms with Crippen LogP contribution in [-0.4, -0.2) is 5.97 Å². The maximum Gasteiger partial charge on any atom is 0.343 e. The van der Waals surface area contributed by atoms with Crippen molar-refractivity contribution in [1.82, 2.24) is 0 Å². The van der Waals surface area contributed by atoms with Crippen LogP contribution < -0.4 is 0 Å². The Morgan fingerprint density at radius 1 is 1.47 bits per heavy atom. The lowest BCUT2D eigenvalue weighted by atomic mass is 9.72. The van der Waals surface area contributed by atoms with Crippen LogP contribution in [0.3, 0.4) is 0 Å². The van der Waals surface area contributed by atoms with Gasteiger partial charge in [0.1, 0.15) is 0 Å². The molecule has 0 aliphatic heterocycles. The van der Waals surface area contributed by atoms with Gasteiger partial charge in [-0.25, -0.2) is 4.79 Å². The SMILES string of the molecule is C=COC(=O)c1ccccc1C1CC2CCC1(C)C2. The summed E-state index contributed by atoms with van der Waals surface area (Å²) in [6.45, 7) is 5.84. The van der Waals surface area contributed by atoms with E-state index in [1.54, 1.807) is 0 Å². The summed E-state index contributed by atoms with van der Waals surface area (Å²) in [5, 5.41) is 0. The normalized spacial score (nSPS) is 32.3. The molecule has 0 amide bonds. The second-order valence-corrected chi connectivity index (χ2v) is 6.21. The zero-order valence-electron chi connectivity index (χ0n) is 11.4. The highest BCUT2D eigenvalue weighted by atomic mass is 16.5. The molecule has 19 heavy (non-hydrogen) atoms. The Morgan fingerprint density at radius 2 is 2.26 bits per heavy atom. The lowest BCUT2D eigenvalue weighted by Crippen LogP contribution is -2.22. The van der Waals surface area contributed by atoms with Gasteiger partial charge in [-0.05, 0) is 54.6 Å². The number of ether oxygens (including phenoxy) is 1. The highest BCUT2D eigenvalue weighted by Gasteiger charge is 2.49. The van der Waals surface area contributed by atoms with Gasteiger partial charge in [0, 0.05) is 0 Å². The van der Waals surface area contributed by atoms with Crippen LogP contribution in [0.4, 0.5) is 0 Å². The maximum absolute atomic E-state index is 12.0. The minimum absolute atomic E-state index is 0.281. The molecular weight excluding hydrogens is 236 g/mol. The molecule has 3 unspecified atom stereocenters. The van der Waals surface area contributed by atoms with Crippen molar-refractivity contribution in [2.45, 2.75) is 38.5 Å². The Bertz CT molecular complexity index is 520. The summed E-state index contributed by atoms with van der Waals surface area (Å²) in [5.41, 5.74) is 2.25. The summed E-state index contributed by atoms with van der Waals surface area (Å²) < 4.78 is 4.97. The molecule has 0 spiro atoms. The summed E-state index contributed by atoms with van der Waals surface area (Å²) in [4.78, 5) is 12.0. The molecule has 2 nitrogen and oxygen atoms in total. The van der Waals surface area contributed by atoms with Crippen molar-refractivity contribution in [3.63, 3.8) is 0 Å². The molecule has 2 saturated carbocycles. The van der Waals surface area contributed by atoms with Gasteiger partial charge in [-0.3, -0.25) is 0 Å². The first-order chi connectivity index (χ1) is 9.14. The molecule has 2 bridgehead atoms. The summed E-state index contributed by atoms with van der Waals surface area (Å²) in [7, 11) is 0. The van der Waals surface area contributed by atoms with Gasteiger partial charge >= 0.3 is 5.97 Å². The predicted molar refractivity (Wildman–Crippen MR) is 74.9 cm³/mol. The number of benzene rings is 1. The Morgan fingerprint density at radius 3 is 2.89 bits per heavy atom. The van der Waals surface area contributed by atoms with Crippen molar-refractivity contribution in [2.24, 2.45) is 11.3 Å². The van der Waals surface area contributed by atoms with E-state index in [4.69, 9.17) is 4.74 Å². The number of hydrogen-bond donors (Lipinski definition) is 0. The predicted octanol–water partition coefficient (Wildman–Crippen LogP) is 4.28. The van der Waals surface area contributed by atoms with Crippen molar-refractivity contribution in [2.75, 3.05) is 0 Å². The van der Waals surface area contributed by atoms with Crippen molar-refractivity contribution < 1.29 is 9.53 Å². The van der Waals surface area contributed by atoms with Gasteiger partial charge in [0.05, 0.1) is 11.8 Å². The molecule has 0 aromatic heterocycles. The Labute approximate surface area is 114 Å². The lowest BCUT2D eigenvalue weighted by Gasteiger charge is -2.32. The molecule has 2 aliphatic rings. The average Bonchev–Trinajstić information content (AvgIpc) is 2.94. The van der Waals surface area contributed by atoms with Gasteiger partial charge in [-0.15, -0.1) is 0 Å². The summed E-state index contributed by atoms with van der Waals surface area (Å²) >= 11 is 0. The van der Waals surface area contributed by atoms with Crippen molar-refractivity contribution in [3.05, 3.63) is 48.2 Å². The monoisotopic (exact) mass is 256 g/mol. The maximum atomic E-state index is 12.0. The molecule has 3 rings (SSSR count). The number of carbonyl (C=O) groups excluding carboxylic acids is 1. The van der Waals surface area contributed by atoms with Crippen LogP contribution in [0.5, 0.6) is 0 Å².